The van der Waals surface area contributed by atoms with Crippen LogP contribution >= 0.6 is 0 Å². The summed E-state index contributed by atoms with van der Waals surface area (Å²) in [6, 6.07) is 3.43. The number of aryl methyl sites for hydroxylation is 1. The lowest BCUT2D eigenvalue weighted by Gasteiger charge is -2.14. The first-order valence-corrected chi connectivity index (χ1v) is 6.41. The standard InChI is InChI=1S/C14H20N2O3/c1-9-6-12(18-2)13(19-3)7-11(9)16-14(17)15-8-10-4-5-10/h6-7,10H,4-5,8H2,1-3H3,(H2,15,16,17). The summed E-state index contributed by atoms with van der Waals surface area (Å²) < 4.78 is 10.4. The van der Waals surface area contributed by atoms with Crippen molar-refractivity contribution in [3.8, 4) is 11.5 Å². The molecule has 1 fully saturated rings. The van der Waals surface area contributed by atoms with Crippen LogP contribution in [-0.4, -0.2) is 26.8 Å². The minimum atomic E-state index is -0.179. The van der Waals surface area contributed by atoms with E-state index < -0.39 is 0 Å². The van der Waals surface area contributed by atoms with Crippen molar-refractivity contribution in [3.63, 3.8) is 0 Å². The third kappa shape index (κ3) is 3.53. The van der Waals surface area contributed by atoms with Gasteiger partial charge in [0.2, 0.25) is 0 Å². The Kier molecular flexibility index (Phi) is 4.14. The van der Waals surface area contributed by atoms with Crippen LogP contribution in [0.15, 0.2) is 12.1 Å². The molecule has 1 aliphatic rings. The van der Waals surface area contributed by atoms with Crippen LogP contribution in [0.25, 0.3) is 0 Å². The third-order valence-electron chi connectivity index (χ3n) is 3.23. The molecule has 0 aliphatic heterocycles. The molecule has 1 aliphatic carbocycles. The first-order valence-electron chi connectivity index (χ1n) is 6.41. The molecule has 2 amide bonds. The highest BCUT2D eigenvalue weighted by atomic mass is 16.5. The second kappa shape index (κ2) is 5.82. The van der Waals surface area contributed by atoms with Gasteiger partial charge in [0.15, 0.2) is 11.5 Å². The minimum absolute atomic E-state index is 0.179. The van der Waals surface area contributed by atoms with Crippen LogP contribution in [0.4, 0.5) is 10.5 Å². The maximum Gasteiger partial charge on any atom is 0.319 e. The van der Waals surface area contributed by atoms with Crippen molar-refractivity contribution in [2.75, 3.05) is 26.1 Å². The molecular weight excluding hydrogens is 244 g/mol. The second-order valence-electron chi connectivity index (χ2n) is 4.80. The quantitative estimate of drug-likeness (QED) is 0.859. The first kappa shape index (κ1) is 13.5. The van der Waals surface area contributed by atoms with E-state index in [0.29, 0.717) is 17.4 Å². The van der Waals surface area contributed by atoms with Crippen LogP contribution in [0, 0.1) is 12.8 Å². The number of methoxy groups -OCH3 is 2. The van der Waals surface area contributed by atoms with Gasteiger partial charge < -0.3 is 20.1 Å². The Bertz CT molecular complexity index is 470. The number of ether oxygens (including phenoxy) is 2. The van der Waals surface area contributed by atoms with E-state index >= 15 is 0 Å². The van der Waals surface area contributed by atoms with Crippen molar-refractivity contribution < 1.29 is 14.3 Å². The van der Waals surface area contributed by atoms with Gasteiger partial charge in [-0.2, -0.15) is 0 Å². The molecule has 19 heavy (non-hydrogen) atoms. The van der Waals surface area contributed by atoms with Crippen LogP contribution in [0.5, 0.6) is 11.5 Å². The van der Waals surface area contributed by atoms with Gasteiger partial charge in [-0.05, 0) is 37.3 Å². The van der Waals surface area contributed by atoms with Gasteiger partial charge in [0, 0.05) is 18.3 Å². The molecule has 0 unspecified atom stereocenters. The summed E-state index contributed by atoms with van der Waals surface area (Å²) in [6.45, 7) is 2.66. The van der Waals surface area contributed by atoms with Gasteiger partial charge in [-0.25, -0.2) is 4.79 Å². The molecule has 0 bridgehead atoms. The molecule has 0 atom stereocenters. The SMILES string of the molecule is COc1cc(C)c(NC(=O)NCC2CC2)cc1OC. The number of anilines is 1. The van der Waals surface area contributed by atoms with Gasteiger partial charge in [0.25, 0.3) is 0 Å². The molecule has 1 saturated carbocycles. The molecular formula is C14H20N2O3. The van der Waals surface area contributed by atoms with Crippen molar-refractivity contribution in [2.45, 2.75) is 19.8 Å². The zero-order valence-electron chi connectivity index (χ0n) is 11.6. The van der Waals surface area contributed by atoms with Crippen LogP contribution in [0.1, 0.15) is 18.4 Å². The monoisotopic (exact) mass is 264 g/mol. The highest BCUT2D eigenvalue weighted by Crippen LogP contribution is 2.33. The average Bonchev–Trinajstić information content (AvgIpc) is 3.22. The van der Waals surface area contributed by atoms with Gasteiger partial charge in [0.1, 0.15) is 0 Å². The lowest BCUT2D eigenvalue weighted by molar-refractivity contribution is 0.251. The Hall–Kier alpha value is -1.91. The number of hydrogen-bond donors (Lipinski definition) is 2. The van der Waals surface area contributed by atoms with E-state index in [4.69, 9.17) is 9.47 Å². The minimum Gasteiger partial charge on any atom is -0.493 e. The average molecular weight is 264 g/mol. The second-order valence-corrected chi connectivity index (χ2v) is 4.80. The zero-order valence-corrected chi connectivity index (χ0v) is 11.6. The summed E-state index contributed by atoms with van der Waals surface area (Å²) in [5.74, 6) is 1.92. The fourth-order valence-corrected chi connectivity index (χ4v) is 1.84. The number of urea groups is 1. The fourth-order valence-electron chi connectivity index (χ4n) is 1.84. The van der Waals surface area contributed by atoms with E-state index in [1.54, 1.807) is 20.3 Å². The molecule has 1 aromatic carbocycles. The summed E-state index contributed by atoms with van der Waals surface area (Å²) >= 11 is 0. The summed E-state index contributed by atoms with van der Waals surface area (Å²) in [5, 5.41) is 5.70. The summed E-state index contributed by atoms with van der Waals surface area (Å²) in [4.78, 5) is 11.8. The third-order valence-corrected chi connectivity index (χ3v) is 3.23. The first-order chi connectivity index (χ1) is 9.13. The Morgan fingerprint density at radius 1 is 1.26 bits per heavy atom. The highest BCUT2D eigenvalue weighted by molar-refractivity contribution is 5.90. The number of carbonyl (C=O) groups is 1. The molecule has 0 saturated heterocycles. The van der Waals surface area contributed by atoms with Gasteiger partial charge in [-0.3, -0.25) is 0 Å². The van der Waals surface area contributed by atoms with Crippen molar-refractivity contribution in [2.24, 2.45) is 5.92 Å². The Labute approximate surface area is 113 Å². The van der Waals surface area contributed by atoms with E-state index in [-0.39, 0.29) is 6.03 Å². The van der Waals surface area contributed by atoms with Crippen LogP contribution < -0.4 is 20.1 Å². The number of carbonyl (C=O) groups excluding carboxylic acids is 1. The molecule has 2 rings (SSSR count). The molecule has 0 radical (unpaired) electrons. The van der Waals surface area contributed by atoms with E-state index in [2.05, 4.69) is 10.6 Å². The Morgan fingerprint density at radius 2 is 1.89 bits per heavy atom. The predicted molar refractivity (Wildman–Crippen MR) is 74.0 cm³/mol. The molecule has 104 valence electrons. The van der Waals surface area contributed by atoms with Crippen LogP contribution in [0.2, 0.25) is 0 Å². The lowest BCUT2D eigenvalue weighted by Crippen LogP contribution is -2.30. The van der Waals surface area contributed by atoms with Crippen molar-refractivity contribution in [1.82, 2.24) is 5.32 Å². The van der Waals surface area contributed by atoms with E-state index in [1.165, 1.54) is 12.8 Å². The van der Waals surface area contributed by atoms with Gasteiger partial charge in [-0.1, -0.05) is 0 Å². The molecule has 0 spiro atoms. The molecule has 1 aromatic rings. The van der Waals surface area contributed by atoms with Crippen molar-refractivity contribution >= 4 is 11.7 Å². The van der Waals surface area contributed by atoms with Crippen LogP contribution in [0.3, 0.4) is 0 Å². The Balaban J connectivity index is 2.03. The predicted octanol–water partition coefficient (Wildman–Crippen LogP) is 2.54. The van der Waals surface area contributed by atoms with Gasteiger partial charge in [0.05, 0.1) is 14.2 Å². The van der Waals surface area contributed by atoms with E-state index in [9.17, 15) is 4.79 Å². The van der Waals surface area contributed by atoms with E-state index in [0.717, 1.165) is 17.8 Å². The number of amides is 2. The summed E-state index contributed by atoms with van der Waals surface area (Å²) in [6.07, 6.45) is 2.44. The number of rotatable bonds is 5. The smallest absolute Gasteiger partial charge is 0.319 e. The largest absolute Gasteiger partial charge is 0.493 e. The van der Waals surface area contributed by atoms with Gasteiger partial charge >= 0.3 is 6.03 Å². The molecule has 5 nitrogen and oxygen atoms in total. The summed E-state index contributed by atoms with van der Waals surface area (Å²) in [7, 11) is 3.16. The Morgan fingerprint density at radius 3 is 2.47 bits per heavy atom. The fraction of sp³-hybridized carbons (Fsp3) is 0.500. The maximum atomic E-state index is 11.8. The highest BCUT2D eigenvalue weighted by Gasteiger charge is 2.21. The number of nitrogens with one attached hydrogen (secondary N) is 2. The zero-order chi connectivity index (χ0) is 13.8. The number of benzene rings is 1. The lowest BCUT2D eigenvalue weighted by atomic mass is 10.1. The van der Waals surface area contributed by atoms with Crippen molar-refractivity contribution in [3.05, 3.63) is 17.7 Å². The number of hydrogen-bond acceptors (Lipinski definition) is 3. The molecule has 0 heterocycles. The van der Waals surface area contributed by atoms with E-state index in [1.807, 2.05) is 13.0 Å². The van der Waals surface area contributed by atoms with Gasteiger partial charge in [-0.15, -0.1) is 0 Å². The molecule has 0 aromatic heterocycles. The molecule has 5 heteroatoms. The molecule has 2 N–H and O–H groups in total. The topological polar surface area (TPSA) is 59.6 Å². The maximum absolute atomic E-state index is 11.8. The summed E-state index contributed by atoms with van der Waals surface area (Å²) in [5.41, 5.74) is 1.66. The van der Waals surface area contributed by atoms with Crippen molar-refractivity contribution in [1.29, 1.82) is 0 Å². The van der Waals surface area contributed by atoms with Crippen LogP contribution in [-0.2, 0) is 0 Å². The normalized spacial score (nSPS) is 13.8.